The van der Waals surface area contributed by atoms with Gasteiger partial charge in [-0.15, -0.1) is 0 Å². The maximum Gasteiger partial charge on any atom is 0.287 e. The third-order valence-corrected chi connectivity index (χ3v) is 1.71. The molecule has 0 aromatic heterocycles. The second kappa shape index (κ2) is 5.19. The molecule has 0 fully saturated rings. The van der Waals surface area contributed by atoms with Gasteiger partial charge >= 0.3 is 0 Å². The van der Waals surface area contributed by atoms with Gasteiger partial charge in [-0.2, -0.15) is 8.42 Å². The largest absolute Gasteiger partial charge is 0.287 e. The van der Waals surface area contributed by atoms with Crippen molar-refractivity contribution in [3.8, 4) is 0 Å². The predicted molar refractivity (Wildman–Crippen MR) is 47.0 cm³/mol. The molecule has 1 rings (SSSR count). The average Bonchev–Trinajstić information content (AvgIpc) is 2.02. The topological polar surface area (TPSA) is 54.4 Å². The molecule has 3 nitrogen and oxygen atoms in total. The average molecular weight is 248 g/mol. The van der Waals surface area contributed by atoms with Gasteiger partial charge < -0.3 is 0 Å². The summed E-state index contributed by atoms with van der Waals surface area (Å²) in [4.78, 5) is 0. The van der Waals surface area contributed by atoms with Crippen molar-refractivity contribution in [3.63, 3.8) is 0 Å². The zero-order valence-corrected chi connectivity index (χ0v) is 8.27. The molecule has 0 bridgehead atoms. The van der Waals surface area contributed by atoms with E-state index in [1.165, 1.54) is 6.08 Å². The van der Waals surface area contributed by atoms with Crippen LogP contribution in [0.4, 0.5) is 0 Å². The Balaban J connectivity index is 0.00000144. The first kappa shape index (κ1) is 12.4. The number of hydrogen-bond donors (Lipinski definition) is 1. The van der Waals surface area contributed by atoms with Crippen LogP contribution in [-0.4, -0.2) is 13.0 Å². The van der Waals surface area contributed by atoms with Gasteiger partial charge in [0.2, 0.25) is 0 Å². The van der Waals surface area contributed by atoms with E-state index in [-0.39, 0.29) is 17.1 Å². The van der Waals surface area contributed by atoms with E-state index >= 15 is 0 Å². The second-order valence-electron chi connectivity index (χ2n) is 2.23. The van der Waals surface area contributed by atoms with Gasteiger partial charge in [0, 0.05) is 17.1 Å². The van der Waals surface area contributed by atoms with E-state index in [1.54, 1.807) is 24.3 Å². The van der Waals surface area contributed by atoms with Crippen molar-refractivity contribution in [2.24, 2.45) is 0 Å². The molecule has 0 aliphatic rings. The Labute approximate surface area is 87.7 Å². The predicted octanol–water partition coefficient (Wildman–Crippen LogP) is 1.54. The zero-order valence-electron chi connectivity index (χ0n) is 6.51. The molecule has 1 radical (unpaired) electrons. The standard InChI is InChI=1S/C8H8O3S.Cu/c9-12(10,11)7-6-8-4-2-1-3-5-8;/h1-7H,(H,9,10,11);. The van der Waals surface area contributed by atoms with E-state index < -0.39 is 10.1 Å². The second-order valence-corrected chi connectivity index (χ2v) is 3.53. The third-order valence-electron chi connectivity index (χ3n) is 1.23. The smallest absolute Gasteiger partial charge is 0.282 e. The van der Waals surface area contributed by atoms with Crippen LogP contribution < -0.4 is 0 Å². The van der Waals surface area contributed by atoms with Crippen molar-refractivity contribution < 1.29 is 30.0 Å². The number of rotatable bonds is 2. The first-order valence-electron chi connectivity index (χ1n) is 3.28. The molecule has 1 N–H and O–H groups in total. The van der Waals surface area contributed by atoms with Crippen molar-refractivity contribution in [1.82, 2.24) is 0 Å². The van der Waals surface area contributed by atoms with E-state index in [0.29, 0.717) is 0 Å². The Morgan fingerprint density at radius 3 is 2.15 bits per heavy atom. The normalized spacial score (nSPS) is 11.2. The van der Waals surface area contributed by atoms with Crippen LogP contribution in [0, 0.1) is 0 Å². The molecule has 1 aromatic carbocycles. The van der Waals surface area contributed by atoms with E-state index in [4.69, 9.17) is 4.55 Å². The fourth-order valence-corrected chi connectivity index (χ4v) is 1.06. The van der Waals surface area contributed by atoms with Crippen molar-refractivity contribution in [2.75, 3.05) is 0 Å². The zero-order chi connectivity index (χ0) is 9.03. The van der Waals surface area contributed by atoms with Crippen molar-refractivity contribution in [3.05, 3.63) is 41.3 Å². The molecule has 0 aliphatic carbocycles. The molecule has 1 aromatic rings. The quantitative estimate of drug-likeness (QED) is 0.637. The van der Waals surface area contributed by atoms with E-state index in [2.05, 4.69) is 0 Å². The van der Waals surface area contributed by atoms with Crippen molar-refractivity contribution in [2.45, 2.75) is 0 Å². The Bertz CT molecular complexity index is 370. The summed E-state index contributed by atoms with van der Waals surface area (Å²) >= 11 is 0. The van der Waals surface area contributed by atoms with Gasteiger partial charge in [-0.25, -0.2) is 0 Å². The summed E-state index contributed by atoms with van der Waals surface area (Å²) in [7, 11) is -4.00. The summed E-state index contributed by atoms with van der Waals surface area (Å²) < 4.78 is 28.9. The van der Waals surface area contributed by atoms with Crippen LogP contribution in [0.5, 0.6) is 0 Å². The van der Waals surface area contributed by atoms with Gasteiger partial charge in [0.05, 0.1) is 5.41 Å². The summed E-state index contributed by atoms with van der Waals surface area (Å²) in [5, 5.41) is 0.752. The van der Waals surface area contributed by atoms with E-state index in [9.17, 15) is 8.42 Å². The Hall–Kier alpha value is -0.611. The van der Waals surface area contributed by atoms with E-state index in [0.717, 1.165) is 11.0 Å². The van der Waals surface area contributed by atoms with Crippen LogP contribution in [0.15, 0.2) is 35.7 Å². The molecule has 75 valence electrons. The summed E-state index contributed by atoms with van der Waals surface area (Å²) in [6.45, 7) is 0. The molecule has 0 atom stereocenters. The molecule has 0 spiro atoms. The molecule has 0 unspecified atom stereocenters. The van der Waals surface area contributed by atoms with Gasteiger partial charge in [0.1, 0.15) is 0 Å². The van der Waals surface area contributed by atoms with Crippen molar-refractivity contribution >= 4 is 16.2 Å². The van der Waals surface area contributed by atoms with Gasteiger partial charge in [-0.05, 0) is 11.6 Å². The van der Waals surface area contributed by atoms with Gasteiger partial charge in [0.15, 0.2) is 0 Å². The van der Waals surface area contributed by atoms with Crippen LogP contribution in [-0.2, 0) is 27.2 Å². The fraction of sp³-hybridized carbons (Fsp3) is 0. The summed E-state index contributed by atoms with van der Waals surface area (Å²) in [6.07, 6.45) is 1.33. The molecule has 0 saturated carbocycles. The van der Waals surface area contributed by atoms with Gasteiger partial charge in [-0.3, -0.25) is 4.55 Å². The number of benzene rings is 1. The summed E-state index contributed by atoms with van der Waals surface area (Å²) in [6, 6.07) is 8.86. The Morgan fingerprint density at radius 2 is 1.69 bits per heavy atom. The van der Waals surface area contributed by atoms with Crippen LogP contribution >= 0.6 is 0 Å². The summed E-state index contributed by atoms with van der Waals surface area (Å²) in [5.74, 6) is 0. The third kappa shape index (κ3) is 5.60. The minimum Gasteiger partial charge on any atom is -0.282 e. The maximum absolute atomic E-state index is 10.3. The SMILES string of the molecule is O=S(=O)(O)C=Cc1ccccc1.[Cu]. The Morgan fingerprint density at radius 1 is 1.15 bits per heavy atom. The van der Waals surface area contributed by atoms with E-state index in [1.807, 2.05) is 6.07 Å². The molecule has 0 aliphatic heterocycles. The van der Waals surface area contributed by atoms with Gasteiger partial charge in [-0.1, -0.05) is 30.3 Å². The van der Waals surface area contributed by atoms with Crippen LogP contribution in [0.2, 0.25) is 0 Å². The molecule has 0 heterocycles. The Kier molecular flexibility index (Phi) is 4.95. The van der Waals surface area contributed by atoms with Crippen LogP contribution in [0.1, 0.15) is 5.56 Å². The van der Waals surface area contributed by atoms with Gasteiger partial charge in [0.25, 0.3) is 10.1 Å². The summed E-state index contributed by atoms with van der Waals surface area (Å²) in [5.41, 5.74) is 0.732. The minimum absolute atomic E-state index is 0. The first-order chi connectivity index (χ1) is 5.58. The van der Waals surface area contributed by atoms with Crippen LogP contribution in [0.25, 0.3) is 6.08 Å². The molecular weight excluding hydrogens is 240 g/mol. The van der Waals surface area contributed by atoms with Crippen LogP contribution in [0.3, 0.4) is 0 Å². The monoisotopic (exact) mass is 247 g/mol. The molecule has 0 amide bonds. The van der Waals surface area contributed by atoms with Crippen molar-refractivity contribution in [1.29, 1.82) is 0 Å². The maximum atomic E-state index is 10.3. The fourth-order valence-electron chi connectivity index (χ4n) is 0.729. The molecular formula is C8H8CuO3S. The number of hydrogen-bond acceptors (Lipinski definition) is 2. The molecule has 5 heteroatoms. The molecule has 13 heavy (non-hydrogen) atoms. The molecule has 0 saturated heterocycles. The minimum atomic E-state index is -4.00. The first-order valence-corrected chi connectivity index (χ1v) is 4.79.